The van der Waals surface area contributed by atoms with Gasteiger partial charge in [-0.2, -0.15) is 0 Å². The molecular weight excluding hydrogens is 148 g/mol. The first-order valence-corrected chi connectivity index (χ1v) is 4.74. The van der Waals surface area contributed by atoms with Crippen molar-refractivity contribution in [3.63, 3.8) is 0 Å². The molecule has 0 saturated heterocycles. The molecule has 0 spiro atoms. The van der Waals surface area contributed by atoms with Crippen LogP contribution in [0.25, 0.3) is 0 Å². The summed E-state index contributed by atoms with van der Waals surface area (Å²) in [5, 5.41) is 0. The molecular formula is C11H20O. The predicted molar refractivity (Wildman–Crippen MR) is 54.3 cm³/mol. The normalized spacial score (nSPS) is 13.5. The first-order chi connectivity index (χ1) is 5.85. The van der Waals surface area contributed by atoms with Crippen LogP contribution in [0.5, 0.6) is 0 Å². The number of allylic oxidation sites excluding steroid dienone is 1. The van der Waals surface area contributed by atoms with E-state index in [4.69, 9.17) is 4.74 Å². The van der Waals surface area contributed by atoms with Crippen molar-refractivity contribution >= 4 is 0 Å². The summed E-state index contributed by atoms with van der Waals surface area (Å²) in [5.74, 6) is 0. The van der Waals surface area contributed by atoms with Gasteiger partial charge in [0.25, 0.3) is 0 Å². The second-order valence-electron chi connectivity index (χ2n) is 2.73. The van der Waals surface area contributed by atoms with E-state index in [2.05, 4.69) is 25.7 Å². The Balaban J connectivity index is 3.67. The van der Waals surface area contributed by atoms with Gasteiger partial charge < -0.3 is 4.74 Å². The average Bonchev–Trinajstić information content (AvgIpc) is 2.06. The largest absolute Gasteiger partial charge is 0.374 e. The molecule has 0 N–H and O–H groups in total. The predicted octanol–water partition coefficient (Wildman–Crippen LogP) is 3.32. The summed E-state index contributed by atoms with van der Waals surface area (Å²) < 4.78 is 5.47. The highest BCUT2D eigenvalue weighted by Gasteiger charge is 1.98. The van der Waals surface area contributed by atoms with Crippen LogP contribution in [-0.4, -0.2) is 12.7 Å². The second kappa shape index (κ2) is 8.54. The van der Waals surface area contributed by atoms with Gasteiger partial charge in [-0.1, -0.05) is 31.6 Å². The van der Waals surface area contributed by atoms with Crippen molar-refractivity contribution < 1.29 is 4.74 Å². The number of hydrogen-bond donors (Lipinski definition) is 0. The molecule has 0 saturated carbocycles. The number of unbranched alkanes of at least 4 members (excludes halogenated alkanes) is 1. The molecule has 0 amide bonds. The monoisotopic (exact) mass is 168 g/mol. The summed E-state index contributed by atoms with van der Waals surface area (Å²) in [7, 11) is 0. The fourth-order valence-corrected chi connectivity index (χ4v) is 0.995. The van der Waals surface area contributed by atoms with Crippen LogP contribution < -0.4 is 0 Å². The molecule has 1 atom stereocenters. The maximum atomic E-state index is 5.47. The fourth-order valence-electron chi connectivity index (χ4n) is 0.995. The van der Waals surface area contributed by atoms with E-state index in [-0.39, 0.29) is 6.10 Å². The van der Waals surface area contributed by atoms with Crippen molar-refractivity contribution in [1.82, 2.24) is 0 Å². The van der Waals surface area contributed by atoms with Crippen molar-refractivity contribution in [2.24, 2.45) is 0 Å². The molecule has 1 heteroatoms. The smallest absolute Gasteiger partial charge is 0.0789 e. The van der Waals surface area contributed by atoms with Crippen molar-refractivity contribution in [2.45, 2.75) is 39.2 Å². The van der Waals surface area contributed by atoms with Crippen LogP contribution in [0.4, 0.5) is 0 Å². The Bertz CT molecular complexity index is 127. The molecule has 0 aliphatic rings. The van der Waals surface area contributed by atoms with E-state index in [9.17, 15) is 0 Å². The standard InChI is InChI=1S/C11H20O/c1-4-7-8-10-11(9-5-2)12-6-3/h5,8,10-11H,2,4,6-7,9H2,1,3H3/b10-8+/t11-/m0/s1. The van der Waals surface area contributed by atoms with Crippen LogP contribution in [0.2, 0.25) is 0 Å². The molecule has 0 bridgehead atoms. The van der Waals surface area contributed by atoms with E-state index in [0.717, 1.165) is 19.4 Å². The van der Waals surface area contributed by atoms with Gasteiger partial charge in [-0.15, -0.1) is 6.58 Å². The highest BCUT2D eigenvalue weighted by molar-refractivity contribution is 4.92. The Morgan fingerprint density at radius 3 is 2.67 bits per heavy atom. The molecule has 0 aromatic rings. The summed E-state index contributed by atoms with van der Waals surface area (Å²) in [6.45, 7) is 8.66. The molecule has 12 heavy (non-hydrogen) atoms. The van der Waals surface area contributed by atoms with Gasteiger partial charge in [0.2, 0.25) is 0 Å². The molecule has 0 aliphatic heterocycles. The zero-order chi connectivity index (χ0) is 9.23. The highest BCUT2D eigenvalue weighted by Crippen LogP contribution is 2.02. The first kappa shape index (κ1) is 11.4. The Labute approximate surface area is 76.1 Å². The minimum Gasteiger partial charge on any atom is -0.374 e. The zero-order valence-electron chi connectivity index (χ0n) is 8.25. The Morgan fingerprint density at radius 1 is 1.42 bits per heavy atom. The minimum absolute atomic E-state index is 0.235. The van der Waals surface area contributed by atoms with Gasteiger partial charge in [0.1, 0.15) is 0 Å². The van der Waals surface area contributed by atoms with Crippen LogP contribution >= 0.6 is 0 Å². The Kier molecular flexibility index (Phi) is 8.14. The summed E-state index contributed by atoms with van der Waals surface area (Å²) in [5.41, 5.74) is 0. The Hall–Kier alpha value is -0.560. The van der Waals surface area contributed by atoms with E-state index in [0.29, 0.717) is 0 Å². The Morgan fingerprint density at radius 2 is 2.17 bits per heavy atom. The molecule has 0 heterocycles. The summed E-state index contributed by atoms with van der Waals surface area (Å²) in [6, 6.07) is 0. The maximum Gasteiger partial charge on any atom is 0.0789 e. The lowest BCUT2D eigenvalue weighted by molar-refractivity contribution is 0.0984. The molecule has 1 nitrogen and oxygen atoms in total. The molecule has 0 rings (SSSR count). The average molecular weight is 168 g/mol. The fraction of sp³-hybridized carbons (Fsp3) is 0.636. The van der Waals surface area contributed by atoms with Gasteiger partial charge in [0.15, 0.2) is 0 Å². The lowest BCUT2D eigenvalue weighted by Crippen LogP contribution is -2.07. The van der Waals surface area contributed by atoms with Gasteiger partial charge >= 0.3 is 0 Å². The topological polar surface area (TPSA) is 9.23 Å². The maximum absolute atomic E-state index is 5.47. The third kappa shape index (κ3) is 6.17. The van der Waals surface area contributed by atoms with E-state index in [1.807, 2.05) is 13.0 Å². The molecule has 70 valence electrons. The van der Waals surface area contributed by atoms with Gasteiger partial charge in [-0.25, -0.2) is 0 Å². The third-order valence-electron chi connectivity index (χ3n) is 1.59. The van der Waals surface area contributed by atoms with Gasteiger partial charge in [0.05, 0.1) is 6.10 Å². The number of rotatable bonds is 7. The highest BCUT2D eigenvalue weighted by atomic mass is 16.5. The van der Waals surface area contributed by atoms with Crippen LogP contribution in [0.1, 0.15) is 33.1 Å². The van der Waals surface area contributed by atoms with E-state index in [1.165, 1.54) is 6.42 Å². The molecule has 0 fully saturated rings. The first-order valence-electron chi connectivity index (χ1n) is 4.74. The van der Waals surface area contributed by atoms with Crippen molar-refractivity contribution in [3.05, 3.63) is 24.8 Å². The van der Waals surface area contributed by atoms with Gasteiger partial charge in [-0.3, -0.25) is 0 Å². The van der Waals surface area contributed by atoms with Crippen molar-refractivity contribution in [2.75, 3.05) is 6.61 Å². The number of hydrogen-bond acceptors (Lipinski definition) is 1. The molecule has 0 aromatic carbocycles. The van der Waals surface area contributed by atoms with Gasteiger partial charge in [0, 0.05) is 6.61 Å². The lowest BCUT2D eigenvalue weighted by atomic mass is 10.2. The molecule has 0 aliphatic carbocycles. The van der Waals surface area contributed by atoms with Crippen molar-refractivity contribution in [3.8, 4) is 0 Å². The van der Waals surface area contributed by atoms with Crippen LogP contribution in [0.15, 0.2) is 24.8 Å². The van der Waals surface area contributed by atoms with Crippen LogP contribution in [0.3, 0.4) is 0 Å². The zero-order valence-corrected chi connectivity index (χ0v) is 8.25. The third-order valence-corrected chi connectivity index (χ3v) is 1.59. The molecule has 0 unspecified atom stereocenters. The number of ether oxygens (including phenoxy) is 1. The SMILES string of the molecule is C=CC[C@@H](/C=C/CCC)OCC. The van der Waals surface area contributed by atoms with Crippen LogP contribution in [-0.2, 0) is 4.74 Å². The van der Waals surface area contributed by atoms with E-state index < -0.39 is 0 Å². The van der Waals surface area contributed by atoms with Crippen molar-refractivity contribution in [1.29, 1.82) is 0 Å². The second-order valence-corrected chi connectivity index (χ2v) is 2.73. The lowest BCUT2D eigenvalue weighted by Gasteiger charge is -2.09. The summed E-state index contributed by atoms with van der Waals surface area (Å²) >= 11 is 0. The van der Waals surface area contributed by atoms with E-state index >= 15 is 0 Å². The van der Waals surface area contributed by atoms with Crippen LogP contribution in [0, 0.1) is 0 Å². The minimum atomic E-state index is 0.235. The van der Waals surface area contributed by atoms with Gasteiger partial charge in [-0.05, 0) is 19.8 Å². The molecule has 0 aromatic heterocycles. The van der Waals surface area contributed by atoms with E-state index in [1.54, 1.807) is 0 Å². The summed E-state index contributed by atoms with van der Waals surface area (Å²) in [6.07, 6.45) is 9.70. The quantitative estimate of drug-likeness (QED) is 0.530. The summed E-state index contributed by atoms with van der Waals surface area (Å²) in [4.78, 5) is 0. The molecule has 0 radical (unpaired) electrons.